The largest absolute Gasteiger partial charge is 0.573 e. The molecule has 0 aromatic heterocycles. The van der Waals surface area contributed by atoms with Crippen molar-refractivity contribution < 1.29 is 32.6 Å². The molecular weight excluding hydrogens is 461 g/mol. The lowest BCUT2D eigenvalue weighted by molar-refractivity contribution is -0.274. The molecule has 1 fully saturated rings. The van der Waals surface area contributed by atoms with Crippen LogP contribution in [0.5, 0.6) is 5.75 Å². The fraction of sp³-hybridized carbons (Fsp3) is 0.462. The van der Waals surface area contributed by atoms with Gasteiger partial charge in [0.2, 0.25) is 0 Å². The van der Waals surface area contributed by atoms with Gasteiger partial charge in [-0.1, -0.05) is 32.9 Å². The maximum Gasteiger partial charge on any atom is 0.573 e. The number of hydrogen-bond donors (Lipinski definition) is 3. The van der Waals surface area contributed by atoms with Gasteiger partial charge >= 0.3 is 18.4 Å². The molecule has 0 radical (unpaired) electrons. The Bertz CT molecular complexity index is 1010. The standard InChI is InChI=1S/C26H31F3N2O4/c1-25(2,3)19-10-8-17(9-11-19)22(16-4-6-18(7-5-16)23(32)33)31-24(34)30-20-12-14-21(15-13-20)35-26(27,28)29/h4-7,12-15,17,19,22H,8-11H2,1-3H3,(H,32,33)(H2,30,31,34)/t17-,19-,22?. The Hall–Kier alpha value is -3.23. The van der Waals surface area contributed by atoms with Gasteiger partial charge in [-0.2, -0.15) is 0 Å². The van der Waals surface area contributed by atoms with Crippen LogP contribution in [0.4, 0.5) is 23.7 Å². The SMILES string of the molecule is CC(C)(C)[C@H]1CC[C@H](C(NC(=O)Nc2ccc(OC(F)(F)F)cc2)c2ccc(C(=O)O)cc2)CC1. The highest BCUT2D eigenvalue weighted by molar-refractivity contribution is 5.90. The predicted octanol–water partition coefficient (Wildman–Crippen LogP) is 7.00. The van der Waals surface area contributed by atoms with Crippen LogP contribution in [0.15, 0.2) is 48.5 Å². The number of rotatable bonds is 6. The van der Waals surface area contributed by atoms with E-state index in [2.05, 4.69) is 36.1 Å². The van der Waals surface area contributed by atoms with Crippen LogP contribution in [-0.2, 0) is 0 Å². The van der Waals surface area contributed by atoms with Gasteiger partial charge in [-0.25, -0.2) is 9.59 Å². The molecule has 1 saturated carbocycles. The molecule has 9 heteroatoms. The van der Waals surface area contributed by atoms with E-state index in [4.69, 9.17) is 0 Å². The number of carboxylic acids is 1. The number of halogens is 3. The van der Waals surface area contributed by atoms with E-state index in [1.807, 2.05) is 0 Å². The van der Waals surface area contributed by atoms with E-state index in [0.29, 0.717) is 11.6 Å². The molecule has 0 aliphatic heterocycles. The number of nitrogens with one attached hydrogen (secondary N) is 2. The van der Waals surface area contributed by atoms with Crippen molar-refractivity contribution in [2.75, 3.05) is 5.32 Å². The quantitative estimate of drug-likeness (QED) is 0.405. The third-order valence-electron chi connectivity index (χ3n) is 6.62. The number of benzene rings is 2. The molecule has 1 unspecified atom stereocenters. The van der Waals surface area contributed by atoms with Crippen molar-refractivity contribution in [2.45, 2.75) is 58.9 Å². The lowest BCUT2D eigenvalue weighted by Crippen LogP contribution is -2.38. The normalized spacial score (nSPS) is 19.5. The molecule has 0 saturated heterocycles. The summed E-state index contributed by atoms with van der Waals surface area (Å²) in [4.78, 5) is 24.1. The Morgan fingerprint density at radius 3 is 2.00 bits per heavy atom. The Morgan fingerprint density at radius 1 is 0.943 bits per heavy atom. The molecular formula is C26H31F3N2O4. The minimum atomic E-state index is -4.79. The van der Waals surface area contributed by atoms with E-state index >= 15 is 0 Å². The van der Waals surface area contributed by atoms with Crippen LogP contribution >= 0.6 is 0 Å². The average molecular weight is 493 g/mol. The molecule has 35 heavy (non-hydrogen) atoms. The maximum atomic E-state index is 12.8. The summed E-state index contributed by atoms with van der Waals surface area (Å²) in [5.41, 5.74) is 1.48. The minimum Gasteiger partial charge on any atom is -0.478 e. The summed E-state index contributed by atoms with van der Waals surface area (Å²) in [5.74, 6) is -0.657. The summed E-state index contributed by atoms with van der Waals surface area (Å²) in [6.07, 6.45) is -0.903. The Morgan fingerprint density at radius 2 is 1.51 bits per heavy atom. The molecule has 0 heterocycles. The summed E-state index contributed by atoms with van der Waals surface area (Å²) >= 11 is 0. The van der Waals surface area contributed by atoms with Gasteiger partial charge in [0.15, 0.2) is 0 Å². The van der Waals surface area contributed by atoms with Crippen LogP contribution in [0.25, 0.3) is 0 Å². The first-order chi connectivity index (χ1) is 16.3. The van der Waals surface area contributed by atoms with Crippen molar-refractivity contribution in [3.05, 3.63) is 59.7 Å². The molecule has 3 rings (SSSR count). The predicted molar refractivity (Wildman–Crippen MR) is 126 cm³/mol. The lowest BCUT2D eigenvalue weighted by Gasteiger charge is -2.39. The fourth-order valence-electron chi connectivity index (χ4n) is 4.67. The summed E-state index contributed by atoms with van der Waals surface area (Å²) in [6.45, 7) is 6.70. The van der Waals surface area contributed by atoms with Gasteiger partial charge in [-0.3, -0.25) is 0 Å². The number of carboxylic acid groups (broad SMARTS) is 1. The van der Waals surface area contributed by atoms with E-state index in [0.717, 1.165) is 43.4 Å². The van der Waals surface area contributed by atoms with Gasteiger partial charge in [0.05, 0.1) is 11.6 Å². The number of urea groups is 1. The zero-order valence-corrected chi connectivity index (χ0v) is 20.0. The van der Waals surface area contributed by atoms with Crippen molar-refractivity contribution in [1.82, 2.24) is 5.32 Å². The molecule has 3 N–H and O–H groups in total. The second-order valence-corrected chi connectivity index (χ2v) is 10.1. The molecule has 1 aliphatic carbocycles. The van der Waals surface area contributed by atoms with E-state index < -0.39 is 18.4 Å². The monoisotopic (exact) mass is 492 g/mol. The highest BCUT2D eigenvalue weighted by Crippen LogP contribution is 2.43. The topological polar surface area (TPSA) is 87.7 Å². The van der Waals surface area contributed by atoms with E-state index in [9.17, 15) is 27.9 Å². The number of hydrogen-bond acceptors (Lipinski definition) is 3. The van der Waals surface area contributed by atoms with Crippen molar-refractivity contribution in [1.29, 1.82) is 0 Å². The molecule has 2 amide bonds. The van der Waals surface area contributed by atoms with Gasteiger partial charge in [-0.15, -0.1) is 13.2 Å². The van der Waals surface area contributed by atoms with Gasteiger partial charge < -0.3 is 20.5 Å². The maximum absolute atomic E-state index is 12.8. The van der Waals surface area contributed by atoms with Crippen LogP contribution < -0.4 is 15.4 Å². The van der Waals surface area contributed by atoms with Crippen LogP contribution in [0.2, 0.25) is 0 Å². The van der Waals surface area contributed by atoms with Crippen LogP contribution in [-0.4, -0.2) is 23.5 Å². The van der Waals surface area contributed by atoms with Crippen molar-refractivity contribution in [3.8, 4) is 5.75 Å². The third kappa shape index (κ3) is 7.63. The zero-order chi connectivity index (χ0) is 25.8. The fourth-order valence-corrected chi connectivity index (χ4v) is 4.67. The second kappa shape index (κ2) is 10.6. The third-order valence-corrected chi connectivity index (χ3v) is 6.62. The van der Waals surface area contributed by atoms with E-state index in [-0.39, 0.29) is 28.7 Å². The first kappa shape index (κ1) is 26.4. The van der Waals surface area contributed by atoms with Crippen molar-refractivity contribution in [2.24, 2.45) is 17.3 Å². The number of carbonyl (C=O) groups is 2. The van der Waals surface area contributed by atoms with Crippen LogP contribution in [0, 0.1) is 17.3 Å². The van der Waals surface area contributed by atoms with E-state index in [1.54, 1.807) is 12.1 Å². The van der Waals surface area contributed by atoms with Gasteiger partial charge in [0.25, 0.3) is 0 Å². The summed E-state index contributed by atoms with van der Waals surface area (Å²) in [7, 11) is 0. The second-order valence-electron chi connectivity index (χ2n) is 10.1. The number of amides is 2. The summed E-state index contributed by atoms with van der Waals surface area (Å²) in [6, 6.07) is 10.5. The van der Waals surface area contributed by atoms with Crippen molar-refractivity contribution >= 4 is 17.7 Å². The van der Waals surface area contributed by atoms with Gasteiger partial charge in [0, 0.05) is 5.69 Å². The molecule has 1 atom stereocenters. The molecule has 0 bridgehead atoms. The minimum absolute atomic E-state index is 0.162. The summed E-state index contributed by atoms with van der Waals surface area (Å²) in [5, 5.41) is 14.9. The highest BCUT2D eigenvalue weighted by atomic mass is 19.4. The molecule has 1 aliphatic rings. The highest BCUT2D eigenvalue weighted by Gasteiger charge is 2.34. The van der Waals surface area contributed by atoms with Gasteiger partial charge in [-0.05, 0) is 84.9 Å². The number of alkyl halides is 3. The number of anilines is 1. The number of aromatic carboxylic acids is 1. The molecule has 2 aromatic carbocycles. The molecule has 0 spiro atoms. The lowest BCUT2D eigenvalue weighted by atomic mass is 9.68. The van der Waals surface area contributed by atoms with Crippen LogP contribution in [0.3, 0.4) is 0 Å². The first-order valence-corrected chi connectivity index (χ1v) is 11.6. The Kier molecular flexibility index (Phi) is 7.97. The van der Waals surface area contributed by atoms with Crippen molar-refractivity contribution in [3.63, 3.8) is 0 Å². The van der Waals surface area contributed by atoms with Gasteiger partial charge in [0.1, 0.15) is 5.75 Å². The average Bonchev–Trinajstić information content (AvgIpc) is 2.77. The smallest absolute Gasteiger partial charge is 0.478 e. The first-order valence-electron chi connectivity index (χ1n) is 11.6. The molecule has 6 nitrogen and oxygen atoms in total. The molecule has 2 aromatic rings. The number of ether oxygens (including phenoxy) is 1. The van der Waals surface area contributed by atoms with E-state index in [1.165, 1.54) is 24.3 Å². The summed E-state index contributed by atoms with van der Waals surface area (Å²) < 4.78 is 40.9. The number of carbonyl (C=O) groups excluding carboxylic acids is 1. The van der Waals surface area contributed by atoms with Crippen LogP contribution in [0.1, 0.15) is 68.4 Å². The zero-order valence-electron chi connectivity index (χ0n) is 20.0. The molecule has 190 valence electrons. The Labute approximate surface area is 202 Å². The Balaban J connectivity index is 1.72.